The predicted octanol–water partition coefficient (Wildman–Crippen LogP) is 3.32. The molecule has 2 rings (SSSR count). The number of carbonyl (C=O) groups is 1. The maximum absolute atomic E-state index is 12.3. The molecule has 1 unspecified atom stereocenters. The van der Waals surface area contributed by atoms with Crippen LogP contribution in [0.15, 0.2) is 48.5 Å². The minimum absolute atomic E-state index is 0.0725. The van der Waals surface area contributed by atoms with E-state index in [4.69, 9.17) is 21.7 Å². The maximum atomic E-state index is 12.3. The first kappa shape index (κ1) is 17.7. The number of methoxy groups -OCH3 is 2. The first-order valence-electron chi connectivity index (χ1n) is 7.44. The second-order valence-electron chi connectivity index (χ2n) is 5.13. The van der Waals surface area contributed by atoms with Gasteiger partial charge in [0.1, 0.15) is 11.5 Å². The summed E-state index contributed by atoms with van der Waals surface area (Å²) in [6.07, 6.45) is 0. The van der Waals surface area contributed by atoms with Crippen molar-refractivity contribution in [3.63, 3.8) is 0 Å². The molecule has 0 aromatic heterocycles. The van der Waals surface area contributed by atoms with Crippen molar-refractivity contribution in [1.82, 2.24) is 5.32 Å². The average Bonchev–Trinajstić information content (AvgIpc) is 2.62. The molecular formula is C18H20N2O3S. The Morgan fingerprint density at radius 1 is 1.08 bits per heavy atom. The number of amides is 1. The highest BCUT2D eigenvalue weighted by Crippen LogP contribution is 2.28. The molecule has 0 aliphatic rings. The van der Waals surface area contributed by atoms with Gasteiger partial charge in [-0.1, -0.05) is 42.5 Å². The average molecular weight is 344 g/mol. The zero-order valence-corrected chi connectivity index (χ0v) is 14.6. The number of hydrogen-bond donors (Lipinski definition) is 2. The summed E-state index contributed by atoms with van der Waals surface area (Å²) in [5.74, 6) is 0.741. The normalized spacial score (nSPS) is 11.3. The van der Waals surface area contributed by atoms with Crippen molar-refractivity contribution in [3.05, 3.63) is 54.1 Å². The highest BCUT2D eigenvalue weighted by atomic mass is 32.1. The summed E-state index contributed by atoms with van der Waals surface area (Å²) in [6, 6.07) is 14.9. The van der Waals surface area contributed by atoms with Crippen LogP contribution in [-0.4, -0.2) is 25.1 Å². The van der Waals surface area contributed by atoms with Gasteiger partial charge < -0.3 is 20.1 Å². The molecule has 0 aliphatic carbocycles. The standard InChI is InChI=1S/C18H20N2O3S/c1-12(13-7-5-4-6-8-13)19-18(24)17(21)20-15-11-14(22-2)9-10-16(15)23-3/h4-12H,1-3H3,(H,19,24)(H,20,21). The molecule has 0 fully saturated rings. The zero-order valence-electron chi connectivity index (χ0n) is 13.8. The molecule has 24 heavy (non-hydrogen) atoms. The third kappa shape index (κ3) is 4.45. The van der Waals surface area contributed by atoms with Crippen LogP contribution in [0.4, 0.5) is 5.69 Å². The Morgan fingerprint density at radius 3 is 2.42 bits per heavy atom. The number of anilines is 1. The molecule has 0 saturated carbocycles. The van der Waals surface area contributed by atoms with Crippen molar-refractivity contribution in [2.75, 3.05) is 19.5 Å². The highest BCUT2D eigenvalue weighted by molar-refractivity contribution is 7.82. The molecule has 0 saturated heterocycles. The third-order valence-corrected chi connectivity index (χ3v) is 3.81. The van der Waals surface area contributed by atoms with Crippen molar-refractivity contribution < 1.29 is 14.3 Å². The summed E-state index contributed by atoms with van der Waals surface area (Å²) in [7, 11) is 3.09. The van der Waals surface area contributed by atoms with Gasteiger partial charge in [0.25, 0.3) is 5.91 Å². The monoisotopic (exact) mass is 344 g/mol. The Morgan fingerprint density at radius 2 is 1.79 bits per heavy atom. The van der Waals surface area contributed by atoms with E-state index in [-0.39, 0.29) is 11.0 Å². The molecule has 0 heterocycles. The molecular weight excluding hydrogens is 324 g/mol. The summed E-state index contributed by atoms with van der Waals surface area (Å²) in [4.78, 5) is 12.4. The predicted molar refractivity (Wildman–Crippen MR) is 98.8 cm³/mol. The minimum Gasteiger partial charge on any atom is -0.497 e. The van der Waals surface area contributed by atoms with Gasteiger partial charge in [-0.25, -0.2) is 0 Å². The topological polar surface area (TPSA) is 59.6 Å². The van der Waals surface area contributed by atoms with E-state index in [9.17, 15) is 4.79 Å². The van der Waals surface area contributed by atoms with Crippen LogP contribution in [0.3, 0.4) is 0 Å². The molecule has 0 radical (unpaired) electrons. The highest BCUT2D eigenvalue weighted by Gasteiger charge is 2.15. The second-order valence-corrected chi connectivity index (χ2v) is 5.53. The van der Waals surface area contributed by atoms with Gasteiger partial charge in [0.15, 0.2) is 4.99 Å². The van der Waals surface area contributed by atoms with Crippen LogP contribution in [0.5, 0.6) is 11.5 Å². The van der Waals surface area contributed by atoms with Gasteiger partial charge >= 0.3 is 0 Å². The van der Waals surface area contributed by atoms with Crippen molar-refractivity contribution >= 4 is 28.8 Å². The molecule has 0 bridgehead atoms. The number of rotatable bonds is 5. The molecule has 5 nitrogen and oxygen atoms in total. The van der Waals surface area contributed by atoms with E-state index in [1.54, 1.807) is 25.3 Å². The molecule has 2 N–H and O–H groups in total. The molecule has 0 aliphatic heterocycles. The van der Waals surface area contributed by atoms with Crippen LogP contribution < -0.4 is 20.1 Å². The lowest BCUT2D eigenvalue weighted by Gasteiger charge is -2.17. The van der Waals surface area contributed by atoms with Gasteiger partial charge in [0, 0.05) is 12.1 Å². The van der Waals surface area contributed by atoms with E-state index >= 15 is 0 Å². The van der Waals surface area contributed by atoms with Crippen molar-refractivity contribution in [2.45, 2.75) is 13.0 Å². The summed E-state index contributed by atoms with van der Waals surface area (Å²) in [5.41, 5.74) is 1.55. The van der Waals surface area contributed by atoms with E-state index in [0.717, 1.165) is 5.56 Å². The van der Waals surface area contributed by atoms with Crippen molar-refractivity contribution in [3.8, 4) is 11.5 Å². The zero-order chi connectivity index (χ0) is 17.5. The lowest BCUT2D eigenvalue weighted by atomic mass is 10.1. The third-order valence-electron chi connectivity index (χ3n) is 3.51. The molecule has 1 amide bonds. The van der Waals surface area contributed by atoms with Gasteiger partial charge in [-0.05, 0) is 24.6 Å². The number of nitrogens with one attached hydrogen (secondary N) is 2. The Bertz CT molecular complexity index is 719. The molecule has 6 heteroatoms. The number of benzene rings is 2. The second kappa shape index (κ2) is 8.31. The Balaban J connectivity index is 2.05. The van der Waals surface area contributed by atoms with Gasteiger partial charge in [-0.2, -0.15) is 0 Å². The molecule has 0 spiro atoms. The van der Waals surface area contributed by atoms with E-state index in [1.807, 2.05) is 37.3 Å². The van der Waals surface area contributed by atoms with Gasteiger partial charge in [-0.3, -0.25) is 4.79 Å². The van der Waals surface area contributed by atoms with Crippen molar-refractivity contribution in [1.29, 1.82) is 0 Å². The van der Waals surface area contributed by atoms with E-state index < -0.39 is 5.91 Å². The molecule has 2 aromatic carbocycles. The number of hydrogen-bond acceptors (Lipinski definition) is 4. The fraction of sp³-hybridized carbons (Fsp3) is 0.222. The van der Waals surface area contributed by atoms with Gasteiger partial charge in [0.05, 0.1) is 19.9 Å². The Labute approximate surface area is 147 Å². The van der Waals surface area contributed by atoms with E-state index in [2.05, 4.69) is 10.6 Å². The van der Waals surface area contributed by atoms with Gasteiger partial charge in [-0.15, -0.1) is 0 Å². The fourth-order valence-electron chi connectivity index (χ4n) is 2.18. The first-order valence-corrected chi connectivity index (χ1v) is 7.84. The maximum Gasteiger partial charge on any atom is 0.283 e. The van der Waals surface area contributed by atoms with Crippen LogP contribution in [-0.2, 0) is 4.79 Å². The van der Waals surface area contributed by atoms with Gasteiger partial charge in [0.2, 0.25) is 0 Å². The number of carbonyl (C=O) groups excluding carboxylic acids is 1. The SMILES string of the molecule is COc1ccc(OC)c(NC(=O)C(=S)NC(C)c2ccccc2)c1. The van der Waals surface area contributed by atoms with Crippen LogP contribution in [0, 0.1) is 0 Å². The smallest absolute Gasteiger partial charge is 0.283 e. The largest absolute Gasteiger partial charge is 0.497 e. The lowest BCUT2D eigenvalue weighted by molar-refractivity contribution is -0.110. The summed E-state index contributed by atoms with van der Waals surface area (Å²) in [5, 5.41) is 5.77. The Hall–Kier alpha value is -2.60. The van der Waals surface area contributed by atoms with E-state index in [0.29, 0.717) is 17.2 Å². The Kier molecular flexibility index (Phi) is 6.14. The van der Waals surface area contributed by atoms with Crippen LogP contribution in [0.2, 0.25) is 0 Å². The van der Waals surface area contributed by atoms with Crippen molar-refractivity contribution in [2.24, 2.45) is 0 Å². The number of ether oxygens (including phenoxy) is 2. The molecule has 126 valence electrons. The lowest BCUT2D eigenvalue weighted by Crippen LogP contribution is -2.35. The first-order chi connectivity index (χ1) is 11.5. The number of thiocarbonyl (C=S) groups is 1. The quantitative estimate of drug-likeness (QED) is 0.815. The summed E-state index contributed by atoms with van der Waals surface area (Å²) >= 11 is 5.20. The van der Waals surface area contributed by atoms with Crippen LogP contribution in [0.25, 0.3) is 0 Å². The van der Waals surface area contributed by atoms with Crippen LogP contribution in [0.1, 0.15) is 18.5 Å². The van der Waals surface area contributed by atoms with Crippen LogP contribution >= 0.6 is 12.2 Å². The molecule has 1 atom stereocenters. The van der Waals surface area contributed by atoms with E-state index in [1.165, 1.54) is 7.11 Å². The minimum atomic E-state index is -0.403. The molecule has 2 aromatic rings. The summed E-state index contributed by atoms with van der Waals surface area (Å²) in [6.45, 7) is 1.95. The summed E-state index contributed by atoms with van der Waals surface area (Å²) < 4.78 is 10.4. The fourth-order valence-corrected chi connectivity index (χ4v) is 2.41.